The first kappa shape index (κ1) is 30.6. The standard InChI is InChI=1S/C23H40F5NO3/c1-3-4-5-6-7-8-9-10-11-12-13-14-15-16-17-18-32-20(30)19-29(2)21(31)22(24,25)23(26,27)28/h3-19H2,1-2H3. The van der Waals surface area contributed by atoms with E-state index < -0.39 is 30.5 Å². The molecule has 4 nitrogen and oxygen atoms in total. The van der Waals surface area contributed by atoms with Gasteiger partial charge in [0.05, 0.1) is 6.61 Å². The molecule has 0 aromatic carbocycles. The summed E-state index contributed by atoms with van der Waals surface area (Å²) in [5.41, 5.74) is 0. The van der Waals surface area contributed by atoms with Gasteiger partial charge < -0.3 is 9.64 Å². The molecule has 0 aliphatic rings. The van der Waals surface area contributed by atoms with Crippen molar-refractivity contribution in [1.82, 2.24) is 4.90 Å². The molecule has 0 unspecified atom stereocenters. The number of ether oxygens (including phenoxy) is 1. The van der Waals surface area contributed by atoms with Crippen LogP contribution in [0.25, 0.3) is 0 Å². The van der Waals surface area contributed by atoms with Crippen molar-refractivity contribution < 1.29 is 36.3 Å². The highest BCUT2D eigenvalue weighted by atomic mass is 19.4. The van der Waals surface area contributed by atoms with Crippen LogP contribution in [0.4, 0.5) is 22.0 Å². The maximum Gasteiger partial charge on any atom is 0.463 e. The van der Waals surface area contributed by atoms with Gasteiger partial charge in [0.25, 0.3) is 0 Å². The predicted octanol–water partition coefficient (Wildman–Crippen LogP) is 7.06. The zero-order valence-electron chi connectivity index (χ0n) is 19.6. The molecule has 0 radical (unpaired) electrons. The van der Waals surface area contributed by atoms with Crippen LogP contribution >= 0.6 is 0 Å². The minimum Gasteiger partial charge on any atom is -0.464 e. The Hall–Kier alpha value is -1.41. The number of nitrogens with zero attached hydrogens (tertiary/aromatic N) is 1. The van der Waals surface area contributed by atoms with E-state index in [1.165, 1.54) is 64.2 Å². The molecule has 1 amide bonds. The van der Waals surface area contributed by atoms with Crippen molar-refractivity contribution in [2.24, 2.45) is 0 Å². The van der Waals surface area contributed by atoms with E-state index in [9.17, 15) is 31.5 Å². The van der Waals surface area contributed by atoms with Crippen LogP contribution in [0.3, 0.4) is 0 Å². The molecule has 32 heavy (non-hydrogen) atoms. The van der Waals surface area contributed by atoms with E-state index in [1.54, 1.807) is 0 Å². The van der Waals surface area contributed by atoms with Gasteiger partial charge in [-0.1, -0.05) is 96.8 Å². The van der Waals surface area contributed by atoms with E-state index in [4.69, 9.17) is 4.74 Å². The lowest BCUT2D eigenvalue weighted by atomic mass is 10.0. The van der Waals surface area contributed by atoms with Gasteiger partial charge in [-0.2, -0.15) is 22.0 Å². The molecule has 0 heterocycles. The first-order valence-corrected chi connectivity index (χ1v) is 11.9. The summed E-state index contributed by atoms with van der Waals surface area (Å²) >= 11 is 0. The summed E-state index contributed by atoms with van der Waals surface area (Å²) in [6.07, 6.45) is 11.7. The summed E-state index contributed by atoms with van der Waals surface area (Å²) < 4.78 is 67.3. The van der Waals surface area contributed by atoms with Gasteiger partial charge in [0.2, 0.25) is 0 Å². The Morgan fingerprint density at radius 1 is 0.688 bits per heavy atom. The second-order valence-corrected chi connectivity index (χ2v) is 8.40. The van der Waals surface area contributed by atoms with Gasteiger partial charge in [-0.15, -0.1) is 0 Å². The van der Waals surface area contributed by atoms with Crippen molar-refractivity contribution in [2.75, 3.05) is 20.2 Å². The lowest BCUT2D eigenvalue weighted by Crippen LogP contribution is -2.52. The monoisotopic (exact) mass is 473 g/mol. The molecular weight excluding hydrogens is 433 g/mol. The van der Waals surface area contributed by atoms with Crippen molar-refractivity contribution in [3.05, 3.63) is 0 Å². The largest absolute Gasteiger partial charge is 0.464 e. The highest BCUT2D eigenvalue weighted by molar-refractivity contribution is 5.87. The number of rotatable bonds is 19. The number of carbonyl (C=O) groups is 2. The van der Waals surface area contributed by atoms with Crippen molar-refractivity contribution in [2.45, 2.75) is 115 Å². The van der Waals surface area contributed by atoms with Gasteiger partial charge in [0.15, 0.2) is 0 Å². The van der Waals surface area contributed by atoms with Crippen LogP contribution in [0.15, 0.2) is 0 Å². The molecule has 0 atom stereocenters. The van der Waals surface area contributed by atoms with Gasteiger partial charge in [-0.25, -0.2) is 0 Å². The summed E-state index contributed by atoms with van der Waals surface area (Å²) in [4.78, 5) is 22.8. The fraction of sp³-hybridized carbons (Fsp3) is 0.913. The number of likely N-dealkylation sites (N-methyl/N-ethyl adjacent to an activating group) is 1. The topological polar surface area (TPSA) is 46.6 Å². The Morgan fingerprint density at radius 2 is 1.06 bits per heavy atom. The van der Waals surface area contributed by atoms with Crippen molar-refractivity contribution >= 4 is 11.9 Å². The molecule has 0 N–H and O–H groups in total. The first-order valence-electron chi connectivity index (χ1n) is 11.9. The van der Waals surface area contributed by atoms with Gasteiger partial charge in [-0.3, -0.25) is 9.59 Å². The summed E-state index contributed by atoms with van der Waals surface area (Å²) in [7, 11) is 0.705. The molecule has 0 aliphatic heterocycles. The van der Waals surface area contributed by atoms with E-state index >= 15 is 0 Å². The molecule has 0 aliphatic carbocycles. The fourth-order valence-electron chi connectivity index (χ4n) is 3.33. The Kier molecular flexibility index (Phi) is 16.4. The average Bonchev–Trinajstić information content (AvgIpc) is 2.71. The summed E-state index contributed by atoms with van der Waals surface area (Å²) in [5.74, 6) is -9.02. The summed E-state index contributed by atoms with van der Waals surface area (Å²) in [5, 5.41) is 0. The van der Waals surface area contributed by atoms with Crippen LogP contribution in [0.5, 0.6) is 0 Å². The molecule has 0 spiro atoms. The zero-order valence-corrected chi connectivity index (χ0v) is 19.6. The second kappa shape index (κ2) is 17.1. The highest BCUT2D eigenvalue weighted by Crippen LogP contribution is 2.36. The van der Waals surface area contributed by atoms with Crippen molar-refractivity contribution in [1.29, 1.82) is 0 Å². The zero-order chi connectivity index (χ0) is 24.5. The molecule has 0 saturated carbocycles. The van der Waals surface area contributed by atoms with Crippen LogP contribution in [-0.4, -0.2) is 49.1 Å². The van der Waals surface area contributed by atoms with Crippen LogP contribution < -0.4 is 0 Å². The van der Waals surface area contributed by atoms with Crippen LogP contribution in [0, 0.1) is 0 Å². The normalized spacial score (nSPS) is 12.1. The number of carbonyl (C=O) groups excluding carboxylic acids is 2. The Labute approximate surface area is 189 Å². The molecule has 0 aromatic heterocycles. The van der Waals surface area contributed by atoms with Crippen molar-refractivity contribution in [3.8, 4) is 0 Å². The van der Waals surface area contributed by atoms with E-state index in [2.05, 4.69) is 6.92 Å². The molecule has 0 saturated heterocycles. The van der Waals surface area contributed by atoms with Gasteiger partial charge >= 0.3 is 24.0 Å². The average molecular weight is 474 g/mol. The third kappa shape index (κ3) is 13.9. The number of hydrogen-bond donors (Lipinski definition) is 0. The third-order valence-corrected chi connectivity index (χ3v) is 5.35. The van der Waals surface area contributed by atoms with E-state index in [1.807, 2.05) is 0 Å². The number of esters is 1. The lowest BCUT2D eigenvalue weighted by molar-refractivity contribution is -0.274. The molecule has 0 bridgehead atoms. The first-order chi connectivity index (χ1) is 15.0. The second-order valence-electron chi connectivity index (χ2n) is 8.40. The molecule has 0 fully saturated rings. The summed E-state index contributed by atoms with van der Waals surface area (Å²) in [6.45, 7) is 1.32. The molecule has 190 valence electrons. The molecular formula is C23H40F5NO3. The molecule has 9 heteroatoms. The van der Waals surface area contributed by atoms with Crippen LogP contribution in [-0.2, 0) is 14.3 Å². The smallest absolute Gasteiger partial charge is 0.463 e. The number of amides is 1. The lowest BCUT2D eigenvalue weighted by Gasteiger charge is -2.24. The number of halogens is 5. The van der Waals surface area contributed by atoms with Crippen molar-refractivity contribution in [3.63, 3.8) is 0 Å². The Bertz CT molecular complexity index is 512. The number of hydrogen-bond acceptors (Lipinski definition) is 3. The maximum absolute atomic E-state index is 13.0. The van der Waals surface area contributed by atoms with E-state index in [0.29, 0.717) is 13.5 Å². The maximum atomic E-state index is 13.0. The molecule has 0 aromatic rings. The van der Waals surface area contributed by atoms with Crippen LogP contribution in [0.1, 0.15) is 103 Å². The predicted molar refractivity (Wildman–Crippen MR) is 115 cm³/mol. The van der Waals surface area contributed by atoms with Gasteiger partial charge in [-0.05, 0) is 6.42 Å². The molecule has 0 rings (SSSR count). The Morgan fingerprint density at radius 3 is 1.44 bits per heavy atom. The third-order valence-electron chi connectivity index (χ3n) is 5.35. The fourth-order valence-corrected chi connectivity index (χ4v) is 3.33. The van der Waals surface area contributed by atoms with Gasteiger partial charge in [0.1, 0.15) is 6.54 Å². The van der Waals surface area contributed by atoms with E-state index in [0.717, 1.165) is 25.7 Å². The number of alkyl halides is 5. The van der Waals surface area contributed by atoms with Gasteiger partial charge in [0, 0.05) is 7.05 Å². The van der Waals surface area contributed by atoms with Crippen LogP contribution in [0.2, 0.25) is 0 Å². The number of unbranched alkanes of at least 4 members (excludes halogenated alkanes) is 14. The Balaban J connectivity index is 3.60. The minimum atomic E-state index is -6.00. The SMILES string of the molecule is CCCCCCCCCCCCCCCCCOC(=O)CN(C)C(=O)C(F)(F)C(F)(F)F. The quantitative estimate of drug-likeness (QED) is 0.115. The van der Waals surface area contributed by atoms with E-state index in [-0.39, 0.29) is 11.5 Å². The minimum absolute atomic E-state index is 0.0300. The summed E-state index contributed by atoms with van der Waals surface area (Å²) in [6, 6.07) is 0. The highest BCUT2D eigenvalue weighted by Gasteiger charge is 2.64.